The molecule has 0 saturated heterocycles. The molecule has 0 aliphatic carbocycles. The van der Waals surface area contributed by atoms with Gasteiger partial charge in [-0.2, -0.15) is 4.98 Å². The topological polar surface area (TPSA) is 51.0 Å². The van der Waals surface area contributed by atoms with Gasteiger partial charge in [-0.15, -0.1) is 0 Å². The molecule has 0 saturated carbocycles. The Labute approximate surface area is 105 Å². The van der Waals surface area contributed by atoms with Crippen molar-refractivity contribution in [1.82, 2.24) is 10.1 Å². The van der Waals surface area contributed by atoms with E-state index < -0.39 is 0 Å². The molecular weight excluding hydrogens is 233 g/mol. The van der Waals surface area contributed by atoms with Gasteiger partial charge in [-0.3, -0.25) is 0 Å². The third-order valence-electron chi connectivity index (χ3n) is 2.44. The Balaban J connectivity index is 2.00. The maximum Gasteiger partial charge on any atom is 0.321 e. The lowest BCUT2D eigenvalue weighted by Crippen LogP contribution is -2.08. The highest BCUT2D eigenvalue weighted by Crippen LogP contribution is 2.12. The van der Waals surface area contributed by atoms with Crippen molar-refractivity contribution < 1.29 is 8.91 Å². The first-order chi connectivity index (χ1) is 8.65. The first-order valence-corrected chi connectivity index (χ1v) is 5.95. The van der Waals surface area contributed by atoms with E-state index in [1.807, 2.05) is 0 Å². The van der Waals surface area contributed by atoms with Gasteiger partial charge in [0.05, 0.1) is 0 Å². The number of nitrogens with zero attached hydrogens (tertiary/aromatic N) is 2. The molecule has 1 N–H and O–H groups in total. The zero-order chi connectivity index (χ0) is 13.0. The minimum atomic E-state index is -0.251. The zero-order valence-electron chi connectivity index (χ0n) is 10.5. The Bertz CT molecular complexity index is 510. The first kappa shape index (κ1) is 12.5. The van der Waals surface area contributed by atoms with E-state index in [9.17, 15) is 4.39 Å². The van der Waals surface area contributed by atoms with Crippen molar-refractivity contribution >= 4 is 6.01 Å². The quantitative estimate of drug-likeness (QED) is 0.885. The van der Waals surface area contributed by atoms with Crippen LogP contribution in [0.3, 0.4) is 0 Å². The largest absolute Gasteiger partial charge is 0.338 e. The highest BCUT2D eigenvalue weighted by Gasteiger charge is 2.09. The van der Waals surface area contributed by atoms with Gasteiger partial charge in [0.1, 0.15) is 5.82 Å². The molecule has 2 aromatic rings. The smallest absolute Gasteiger partial charge is 0.321 e. The number of aromatic nitrogens is 2. The fraction of sp³-hybridized carbons (Fsp3) is 0.385. The number of hydrogen-bond donors (Lipinski definition) is 1. The van der Waals surface area contributed by atoms with E-state index in [0.29, 0.717) is 29.7 Å². The molecule has 0 aliphatic rings. The lowest BCUT2D eigenvalue weighted by molar-refractivity contribution is 0.421. The van der Waals surface area contributed by atoms with Crippen molar-refractivity contribution in [2.75, 3.05) is 11.9 Å². The average Bonchev–Trinajstić information content (AvgIpc) is 2.77. The van der Waals surface area contributed by atoms with Gasteiger partial charge >= 0.3 is 6.01 Å². The fourth-order valence-corrected chi connectivity index (χ4v) is 1.50. The second-order valence-corrected chi connectivity index (χ2v) is 4.56. The van der Waals surface area contributed by atoms with Crippen LogP contribution in [0.5, 0.6) is 0 Å². The van der Waals surface area contributed by atoms with Gasteiger partial charge in [0.25, 0.3) is 0 Å². The monoisotopic (exact) mass is 249 g/mol. The minimum Gasteiger partial charge on any atom is -0.338 e. The molecule has 5 heteroatoms. The van der Waals surface area contributed by atoms with E-state index >= 15 is 0 Å². The van der Waals surface area contributed by atoms with E-state index in [0.717, 1.165) is 6.54 Å². The predicted molar refractivity (Wildman–Crippen MR) is 66.8 cm³/mol. The molecule has 0 bridgehead atoms. The summed E-state index contributed by atoms with van der Waals surface area (Å²) in [5.41, 5.74) is 0.564. The molecular formula is C13H16FN3O. The lowest BCUT2D eigenvalue weighted by atomic mass is 10.1. The number of rotatable bonds is 5. The Kier molecular flexibility index (Phi) is 3.92. The Hall–Kier alpha value is -1.91. The van der Waals surface area contributed by atoms with Gasteiger partial charge in [-0.1, -0.05) is 37.2 Å². The van der Waals surface area contributed by atoms with Crippen LogP contribution in [0.4, 0.5) is 10.4 Å². The summed E-state index contributed by atoms with van der Waals surface area (Å²) in [6.07, 6.45) is 0.333. The summed E-state index contributed by atoms with van der Waals surface area (Å²) >= 11 is 0. The van der Waals surface area contributed by atoms with Crippen LogP contribution < -0.4 is 5.32 Å². The molecule has 0 spiro atoms. The molecule has 0 radical (unpaired) electrons. The van der Waals surface area contributed by atoms with Crippen LogP contribution in [-0.4, -0.2) is 16.7 Å². The summed E-state index contributed by atoms with van der Waals surface area (Å²) in [5.74, 6) is 0.720. The maximum atomic E-state index is 13.4. The number of halogens is 1. The van der Waals surface area contributed by atoms with E-state index in [4.69, 9.17) is 4.52 Å². The number of nitrogens with one attached hydrogen (secondary N) is 1. The van der Waals surface area contributed by atoms with Gasteiger partial charge in [0, 0.05) is 13.0 Å². The van der Waals surface area contributed by atoms with Gasteiger partial charge in [0.15, 0.2) is 5.82 Å². The van der Waals surface area contributed by atoms with E-state index in [-0.39, 0.29) is 5.82 Å². The molecule has 2 rings (SSSR count). The summed E-state index contributed by atoms with van der Waals surface area (Å²) in [4.78, 5) is 4.16. The normalized spacial score (nSPS) is 10.9. The van der Waals surface area contributed by atoms with E-state index in [1.54, 1.807) is 18.2 Å². The molecule has 1 heterocycles. The number of hydrogen-bond acceptors (Lipinski definition) is 4. The number of benzene rings is 1. The first-order valence-electron chi connectivity index (χ1n) is 5.95. The second kappa shape index (κ2) is 5.62. The van der Waals surface area contributed by atoms with Gasteiger partial charge in [0.2, 0.25) is 0 Å². The van der Waals surface area contributed by atoms with Crippen LogP contribution >= 0.6 is 0 Å². The summed E-state index contributed by atoms with van der Waals surface area (Å²) < 4.78 is 18.5. The molecule has 1 aromatic heterocycles. The van der Waals surface area contributed by atoms with Crippen LogP contribution in [0.25, 0.3) is 0 Å². The highest BCUT2D eigenvalue weighted by molar-refractivity contribution is 5.23. The van der Waals surface area contributed by atoms with Crippen molar-refractivity contribution in [3.8, 4) is 0 Å². The molecule has 0 atom stereocenters. The van der Waals surface area contributed by atoms with E-state index in [1.165, 1.54) is 6.07 Å². The molecule has 0 unspecified atom stereocenters. The average molecular weight is 249 g/mol. The fourth-order valence-electron chi connectivity index (χ4n) is 1.50. The molecule has 18 heavy (non-hydrogen) atoms. The Morgan fingerprint density at radius 3 is 2.83 bits per heavy atom. The van der Waals surface area contributed by atoms with Crippen LogP contribution in [0.15, 0.2) is 28.8 Å². The van der Waals surface area contributed by atoms with Crippen LogP contribution in [-0.2, 0) is 6.42 Å². The van der Waals surface area contributed by atoms with Crippen molar-refractivity contribution in [3.63, 3.8) is 0 Å². The number of anilines is 1. The molecule has 0 amide bonds. The third-order valence-corrected chi connectivity index (χ3v) is 2.44. The van der Waals surface area contributed by atoms with Crippen LogP contribution in [0.2, 0.25) is 0 Å². The standard InChI is InChI=1S/C13H16FN3O/c1-9(2)8-15-13-16-12(17-18-13)7-10-5-3-4-6-11(10)14/h3-6,9H,7-8H2,1-2H3,(H,15,16,17). The summed E-state index contributed by atoms with van der Waals surface area (Å²) in [6.45, 7) is 4.94. The van der Waals surface area contributed by atoms with Crippen molar-refractivity contribution in [2.45, 2.75) is 20.3 Å². The molecule has 0 fully saturated rings. The van der Waals surface area contributed by atoms with Crippen molar-refractivity contribution in [1.29, 1.82) is 0 Å². The maximum absolute atomic E-state index is 13.4. The zero-order valence-corrected chi connectivity index (χ0v) is 10.5. The van der Waals surface area contributed by atoms with Crippen LogP contribution in [0, 0.1) is 11.7 Å². The Morgan fingerprint density at radius 2 is 2.11 bits per heavy atom. The highest BCUT2D eigenvalue weighted by atomic mass is 19.1. The van der Waals surface area contributed by atoms with Crippen LogP contribution in [0.1, 0.15) is 25.2 Å². The molecule has 4 nitrogen and oxygen atoms in total. The minimum absolute atomic E-state index is 0.251. The summed E-state index contributed by atoms with van der Waals surface area (Å²) in [7, 11) is 0. The van der Waals surface area contributed by atoms with Crippen molar-refractivity contribution in [3.05, 3.63) is 41.5 Å². The Morgan fingerprint density at radius 1 is 1.33 bits per heavy atom. The van der Waals surface area contributed by atoms with E-state index in [2.05, 4.69) is 29.3 Å². The second-order valence-electron chi connectivity index (χ2n) is 4.56. The lowest BCUT2D eigenvalue weighted by Gasteiger charge is -2.02. The molecule has 96 valence electrons. The van der Waals surface area contributed by atoms with Gasteiger partial charge < -0.3 is 9.84 Å². The SMILES string of the molecule is CC(C)CNc1nc(Cc2ccccc2F)no1. The van der Waals surface area contributed by atoms with Crippen molar-refractivity contribution in [2.24, 2.45) is 5.92 Å². The van der Waals surface area contributed by atoms with Gasteiger partial charge in [-0.05, 0) is 17.5 Å². The third kappa shape index (κ3) is 3.29. The van der Waals surface area contributed by atoms with Gasteiger partial charge in [-0.25, -0.2) is 4.39 Å². The summed E-state index contributed by atoms with van der Waals surface area (Å²) in [6, 6.07) is 6.97. The molecule has 1 aromatic carbocycles. The predicted octanol–water partition coefficient (Wildman–Crippen LogP) is 2.87. The molecule has 0 aliphatic heterocycles. The summed E-state index contributed by atoms with van der Waals surface area (Å²) in [5, 5.41) is 6.85.